The number of hydrogen-bond acceptors (Lipinski definition) is 2. The molecule has 0 unspecified atom stereocenters. The molecular weight excluding hydrogens is 204 g/mol. The van der Waals surface area contributed by atoms with Crippen LogP contribution < -0.4 is 10.6 Å². The van der Waals surface area contributed by atoms with E-state index >= 15 is 0 Å². The molecule has 2 amide bonds. The molecule has 1 aliphatic rings. The van der Waals surface area contributed by atoms with E-state index < -0.39 is 0 Å². The first-order valence-electron chi connectivity index (χ1n) is 5.86. The number of H-pyrrole nitrogens is 1. The predicted octanol–water partition coefficient (Wildman–Crippen LogP) is 1.54. The summed E-state index contributed by atoms with van der Waals surface area (Å²) in [6.45, 7) is 0.499. The van der Waals surface area contributed by atoms with Gasteiger partial charge in [0.2, 0.25) is 0 Å². The highest BCUT2D eigenvalue weighted by atomic mass is 16.2. The molecule has 1 saturated carbocycles. The van der Waals surface area contributed by atoms with Gasteiger partial charge >= 0.3 is 6.03 Å². The fourth-order valence-corrected chi connectivity index (χ4v) is 2.04. The Morgan fingerprint density at radius 2 is 2.25 bits per heavy atom. The largest absolute Gasteiger partial charge is 0.347 e. The van der Waals surface area contributed by atoms with Crippen molar-refractivity contribution >= 4 is 6.03 Å². The fraction of sp³-hybridized carbons (Fsp3) is 0.636. The first-order chi connectivity index (χ1) is 7.84. The third kappa shape index (κ3) is 3.25. The van der Waals surface area contributed by atoms with E-state index in [1.807, 2.05) is 0 Å². The van der Waals surface area contributed by atoms with E-state index in [2.05, 4.69) is 20.6 Å². The van der Waals surface area contributed by atoms with E-state index in [0.29, 0.717) is 12.6 Å². The van der Waals surface area contributed by atoms with Gasteiger partial charge in [0.15, 0.2) is 0 Å². The molecule has 88 valence electrons. The molecule has 0 aliphatic heterocycles. The zero-order valence-corrected chi connectivity index (χ0v) is 9.33. The Labute approximate surface area is 95.0 Å². The molecule has 0 spiro atoms. The highest BCUT2D eigenvalue weighted by Gasteiger charge is 2.15. The second-order valence-electron chi connectivity index (χ2n) is 4.24. The van der Waals surface area contributed by atoms with Crippen LogP contribution in [-0.4, -0.2) is 22.0 Å². The SMILES string of the molecule is O=C(NCc1cnc[nH]1)NC1CCCCC1. The molecule has 0 aromatic carbocycles. The fourth-order valence-electron chi connectivity index (χ4n) is 2.04. The van der Waals surface area contributed by atoms with Gasteiger partial charge in [0, 0.05) is 12.2 Å². The molecule has 1 aliphatic carbocycles. The number of amides is 2. The standard InChI is InChI=1S/C11H18N4O/c16-11(13-7-10-6-12-8-14-10)15-9-4-2-1-3-5-9/h6,8-9H,1-5,7H2,(H,12,14)(H2,13,15,16). The molecule has 2 rings (SSSR count). The average Bonchev–Trinajstić information content (AvgIpc) is 2.81. The quantitative estimate of drug-likeness (QED) is 0.726. The minimum absolute atomic E-state index is 0.0819. The summed E-state index contributed by atoms with van der Waals surface area (Å²) in [6.07, 6.45) is 9.29. The van der Waals surface area contributed by atoms with Gasteiger partial charge in [-0.25, -0.2) is 9.78 Å². The lowest BCUT2D eigenvalue weighted by molar-refractivity contribution is 0.232. The molecule has 0 saturated heterocycles. The van der Waals surface area contributed by atoms with Crippen LogP contribution in [0.15, 0.2) is 12.5 Å². The topological polar surface area (TPSA) is 69.8 Å². The van der Waals surface area contributed by atoms with Gasteiger partial charge in [-0.2, -0.15) is 0 Å². The summed E-state index contributed by atoms with van der Waals surface area (Å²) >= 11 is 0. The number of nitrogens with one attached hydrogen (secondary N) is 3. The van der Waals surface area contributed by atoms with Gasteiger partial charge in [0.05, 0.1) is 18.6 Å². The number of urea groups is 1. The molecule has 1 heterocycles. The van der Waals surface area contributed by atoms with Gasteiger partial charge in [0.1, 0.15) is 0 Å². The highest BCUT2D eigenvalue weighted by molar-refractivity contribution is 5.74. The average molecular weight is 222 g/mol. The molecule has 1 aromatic rings. The summed E-state index contributed by atoms with van der Waals surface area (Å²) in [4.78, 5) is 18.4. The van der Waals surface area contributed by atoms with Crippen molar-refractivity contribution in [3.63, 3.8) is 0 Å². The lowest BCUT2D eigenvalue weighted by Crippen LogP contribution is -2.42. The molecule has 5 heteroatoms. The van der Waals surface area contributed by atoms with Gasteiger partial charge < -0.3 is 15.6 Å². The number of aromatic amines is 1. The summed E-state index contributed by atoms with van der Waals surface area (Å²) in [5.74, 6) is 0. The Morgan fingerprint density at radius 3 is 2.94 bits per heavy atom. The number of rotatable bonds is 3. The van der Waals surface area contributed by atoms with Crippen molar-refractivity contribution in [2.24, 2.45) is 0 Å². The highest BCUT2D eigenvalue weighted by Crippen LogP contribution is 2.17. The Balaban J connectivity index is 1.67. The first-order valence-corrected chi connectivity index (χ1v) is 5.86. The Morgan fingerprint density at radius 1 is 1.44 bits per heavy atom. The lowest BCUT2D eigenvalue weighted by Gasteiger charge is -2.22. The van der Waals surface area contributed by atoms with Crippen molar-refractivity contribution in [2.75, 3.05) is 0 Å². The normalized spacial score (nSPS) is 17.0. The number of imidazole rings is 1. The maximum Gasteiger partial charge on any atom is 0.315 e. The lowest BCUT2D eigenvalue weighted by atomic mass is 9.96. The number of carbonyl (C=O) groups excluding carboxylic acids is 1. The van der Waals surface area contributed by atoms with Crippen molar-refractivity contribution in [2.45, 2.75) is 44.7 Å². The molecule has 3 N–H and O–H groups in total. The van der Waals surface area contributed by atoms with E-state index in [-0.39, 0.29) is 6.03 Å². The number of aromatic nitrogens is 2. The van der Waals surface area contributed by atoms with Crippen LogP contribution >= 0.6 is 0 Å². The molecule has 1 fully saturated rings. The summed E-state index contributed by atoms with van der Waals surface area (Å²) < 4.78 is 0. The van der Waals surface area contributed by atoms with Gasteiger partial charge in [-0.05, 0) is 12.8 Å². The molecule has 0 radical (unpaired) electrons. The molecular formula is C11H18N4O. The van der Waals surface area contributed by atoms with Crippen molar-refractivity contribution in [3.8, 4) is 0 Å². The first kappa shape index (κ1) is 11.0. The van der Waals surface area contributed by atoms with Crippen LogP contribution in [0.5, 0.6) is 0 Å². The number of carbonyl (C=O) groups is 1. The minimum atomic E-state index is -0.0819. The van der Waals surface area contributed by atoms with Crippen molar-refractivity contribution in [3.05, 3.63) is 18.2 Å². The summed E-state index contributed by atoms with van der Waals surface area (Å²) in [5, 5.41) is 5.81. The van der Waals surface area contributed by atoms with E-state index in [1.54, 1.807) is 12.5 Å². The number of nitrogens with zero attached hydrogens (tertiary/aromatic N) is 1. The maximum absolute atomic E-state index is 11.5. The Kier molecular flexibility index (Phi) is 3.80. The molecule has 16 heavy (non-hydrogen) atoms. The van der Waals surface area contributed by atoms with Crippen LogP contribution in [0.4, 0.5) is 4.79 Å². The van der Waals surface area contributed by atoms with Crippen LogP contribution in [0.2, 0.25) is 0 Å². The van der Waals surface area contributed by atoms with Crippen LogP contribution in [0.25, 0.3) is 0 Å². The van der Waals surface area contributed by atoms with Gasteiger partial charge in [-0.1, -0.05) is 19.3 Å². The molecule has 0 bridgehead atoms. The Bertz CT molecular complexity index is 317. The second-order valence-corrected chi connectivity index (χ2v) is 4.24. The monoisotopic (exact) mass is 222 g/mol. The zero-order valence-electron chi connectivity index (χ0n) is 9.33. The summed E-state index contributed by atoms with van der Waals surface area (Å²) in [6, 6.07) is 0.275. The third-order valence-electron chi connectivity index (χ3n) is 2.93. The second kappa shape index (κ2) is 5.53. The van der Waals surface area contributed by atoms with Crippen molar-refractivity contribution in [1.29, 1.82) is 0 Å². The van der Waals surface area contributed by atoms with Crippen LogP contribution in [0, 0.1) is 0 Å². The summed E-state index contributed by atoms with van der Waals surface area (Å²) in [5.41, 5.74) is 0.916. The smallest absolute Gasteiger partial charge is 0.315 e. The van der Waals surface area contributed by atoms with Gasteiger partial charge in [-0.3, -0.25) is 0 Å². The van der Waals surface area contributed by atoms with E-state index in [0.717, 1.165) is 18.5 Å². The van der Waals surface area contributed by atoms with Crippen molar-refractivity contribution < 1.29 is 4.79 Å². The molecule has 5 nitrogen and oxygen atoms in total. The third-order valence-corrected chi connectivity index (χ3v) is 2.93. The van der Waals surface area contributed by atoms with E-state index in [1.165, 1.54) is 19.3 Å². The molecule has 1 aromatic heterocycles. The van der Waals surface area contributed by atoms with Crippen LogP contribution in [-0.2, 0) is 6.54 Å². The minimum Gasteiger partial charge on any atom is -0.347 e. The van der Waals surface area contributed by atoms with Gasteiger partial charge in [0.25, 0.3) is 0 Å². The maximum atomic E-state index is 11.5. The van der Waals surface area contributed by atoms with Gasteiger partial charge in [-0.15, -0.1) is 0 Å². The van der Waals surface area contributed by atoms with E-state index in [4.69, 9.17) is 0 Å². The number of hydrogen-bond donors (Lipinski definition) is 3. The van der Waals surface area contributed by atoms with Crippen molar-refractivity contribution in [1.82, 2.24) is 20.6 Å². The summed E-state index contributed by atoms with van der Waals surface area (Å²) in [7, 11) is 0. The van der Waals surface area contributed by atoms with Crippen LogP contribution in [0.1, 0.15) is 37.8 Å². The van der Waals surface area contributed by atoms with Crippen LogP contribution in [0.3, 0.4) is 0 Å². The molecule has 0 atom stereocenters. The zero-order chi connectivity index (χ0) is 11.2. The Hall–Kier alpha value is -1.52. The predicted molar refractivity (Wildman–Crippen MR) is 60.8 cm³/mol. The van der Waals surface area contributed by atoms with E-state index in [9.17, 15) is 4.79 Å².